The Morgan fingerprint density at radius 2 is 2.12 bits per heavy atom. The van der Waals surface area contributed by atoms with Gasteiger partial charge < -0.3 is 19.9 Å². The number of rotatable bonds is 9. The number of ether oxygens (including phenoxy) is 2. The average Bonchev–Trinajstić information content (AvgIpc) is 2.88. The maximum absolute atomic E-state index is 12.1. The van der Waals surface area contributed by atoms with Gasteiger partial charge in [0.1, 0.15) is 24.5 Å². The lowest BCUT2D eigenvalue weighted by Gasteiger charge is -2.18. The van der Waals surface area contributed by atoms with Crippen molar-refractivity contribution >= 4 is 17.9 Å². The molecule has 0 aliphatic carbocycles. The van der Waals surface area contributed by atoms with E-state index in [0.717, 1.165) is 11.3 Å². The van der Waals surface area contributed by atoms with E-state index in [9.17, 15) is 19.5 Å². The zero-order chi connectivity index (χ0) is 19.1. The summed E-state index contributed by atoms with van der Waals surface area (Å²) in [5.41, 5.74) is 0.343. The third-order valence-corrected chi connectivity index (χ3v) is 3.87. The summed E-state index contributed by atoms with van der Waals surface area (Å²) >= 11 is 0. The second-order valence-corrected chi connectivity index (χ2v) is 5.95. The number of nitrogens with zero attached hydrogens (tertiary/aromatic N) is 1. The molecule has 142 valence electrons. The van der Waals surface area contributed by atoms with E-state index >= 15 is 0 Å². The molecule has 2 rings (SSSR count). The number of hydrogen-bond donors (Lipinski definition) is 2. The highest BCUT2D eigenvalue weighted by Gasteiger charge is 2.38. The van der Waals surface area contributed by atoms with Gasteiger partial charge in [-0.05, 0) is 31.5 Å². The predicted octanol–water partition coefficient (Wildman–Crippen LogP) is 1.32. The molecule has 26 heavy (non-hydrogen) atoms. The van der Waals surface area contributed by atoms with Crippen molar-refractivity contribution in [3.63, 3.8) is 0 Å². The van der Waals surface area contributed by atoms with Crippen LogP contribution < -0.4 is 10.1 Å². The maximum atomic E-state index is 12.1. The lowest BCUT2D eigenvalue weighted by molar-refractivity contribution is -0.128. The third-order valence-electron chi connectivity index (χ3n) is 3.87. The second kappa shape index (κ2) is 9.19. The monoisotopic (exact) mass is 364 g/mol. The number of carbonyl (C=O) groups excluding carboxylic acids is 3. The van der Waals surface area contributed by atoms with Gasteiger partial charge in [-0.25, -0.2) is 9.59 Å². The number of aliphatic hydroxyl groups excluding tert-OH is 1. The number of β-amino-alcohol motifs (C(OH)–C–C–N with tert-alkyl or cyclic N) is 1. The van der Waals surface area contributed by atoms with Gasteiger partial charge >= 0.3 is 12.0 Å². The Kier molecular flexibility index (Phi) is 6.97. The van der Waals surface area contributed by atoms with Crippen molar-refractivity contribution in [3.8, 4) is 5.75 Å². The molecule has 8 nitrogen and oxygen atoms in total. The first-order valence-corrected chi connectivity index (χ1v) is 8.66. The first-order valence-electron chi connectivity index (χ1n) is 8.66. The number of nitrogens with one attached hydrogen (secondary N) is 1. The number of esters is 1. The molecule has 1 fully saturated rings. The first kappa shape index (κ1) is 19.7. The van der Waals surface area contributed by atoms with E-state index in [4.69, 9.17) is 9.47 Å². The Balaban J connectivity index is 1.88. The largest absolute Gasteiger partial charge is 0.491 e. The molecular weight excluding hydrogens is 340 g/mol. The van der Waals surface area contributed by atoms with Gasteiger partial charge in [-0.2, -0.15) is 0 Å². The number of benzene rings is 1. The minimum atomic E-state index is -1.05. The van der Waals surface area contributed by atoms with Crippen LogP contribution in [0, 0.1) is 0 Å². The third kappa shape index (κ3) is 4.95. The summed E-state index contributed by atoms with van der Waals surface area (Å²) in [6.07, 6.45) is 0.290. The SMILES string of the molecule is CCC[C@@H]1NC(=O)N(C[C@H](O)COc2cccc(C(=O)OCC)c2)C1=O. The fourth-order valence-electron chi connectivity index (χ4n) is 2.62. The van der Waals surface area contributed by atoms with Crippen LogP contribution in [-0.4, -0.2) is 59.8 Å². The van der Waals surface area contributed by atoms with Crippen molar-refractivity contribution in [3.05, 3.63) is 29.8 Å². The van der Waals surface area contributed by atoms with Crippen molar-refractivity contribution in [1.82, 2.24) is 10.2 Å². The Morgan fingerprint density at radius 3 is 2.81 bits per heavy atom. The Hall–Kier alpha value is -2.61. The lowest BCUT2D eigenvalue weighted by atomic mass is 10.1. The summed E-state index contributed by atoms with van der Waals surface area (Å²) in [6, 6.07) is 5.36. The molecule has 8 heteroatoms. The minimum absolute atomic E-state index is 0.123. The van der Waals surface area contributed by atoms with Crippen molar-refractivity contribution in [2.24, 2.45) is 0 Å². The molecule has 0 radical (unpaired) electrons. The lowest BCUT2D eigenvalue weighted by Crippen LogP contribution is -2.40. The molecule has 0 spiro atoms. The maximum Gasteiger partial charge on any atom is 0.338 e. The van der Waals surface area contributed by atoms with E-state index in [1.165, 1.54) is 6.07 Å². The highest BCUT2D eigenvalue weighted by atomic mass is 16.5. The fraction of sp³-hybridized carbons (Fsp3) is 0.500. The molecule has 2 N–H and O–H groups in total. The zero-order valence-corrected chi connectivity index (χ0v) is 14.9. The standard InChI is InChI=1S/C18H24N2O6/c1-3-6-15-16(22)20(18(24)19-15)10-13(21)11-26-14-8-5-7-12(9-14)17(23)25-4-2/h5,7-9,13,15,21H,3-4,6,10-11H2,1-2H3,(H,19,24)/t13-,15-/m0/s1. The van der Waals surface area contributed by atoms with Gasteiger partial charge in [0.25, 0.3) is 5.91 Å². The van der Waals surface area contributed by atoms with Gasteiger partial charge in [0.05, 0.1) is 18.7 Å². The molecule has 1 aromatic rings. The summed E-state index contributed by atoms with van der Waals surface area (Å²) in [5, 5.41) is 12.7. The van der Waals surface area contributed by atoms with Crippen molar-refractivity contribution in [1.29, 1.82) is 0 Å². The normalized spacial score (nSPS) is 17.8. The molecule has 3 amide bonds. The number of carbonyl (C=O) groups is 3. The fourth-order valence-corrected chi connectivity index (χ4v) is 2.62. The van der Waals surface area contributed by atoms with Gasteiger partial charge in [-0.1, -0.05) is 19.4 Å². The summed E-state index contributed by atoms with van der Waals surface area (Å²) in [7, 11) is 0. The molecule has 1 saturated heterocycles. The van der Waals surface area contributed by atoms with Crippen LogP contribution in [0.15, 0.2) is 24.3 Å². The summed E-state index contributed by atoms with van der Waals surface area (Å²) in [4.78, 5) is 36.7. The topological polar surface area (TPSA) is 105 Å². The van der Waals surface area contributed by atoms with Crippen LogP contribution in [0.1, 0.15) is 37.0 Å². The summed E-state index contributed by atoms with van der Waals surface area (Å²) in [5.74, 6) is -0.407. The molecule has 1 aliphatic rings. The molecule has 2 atom stereocenters. The molecule has 0 unspecified atom stereocenters. The number of hydrogen-bond acceptors (Lipinski definition) is 6. The van der Waals surface area contributed by atoms with Crippen LogP contribution in [0.3, 0.4) is 0 Å². The molecule has 0 saturated carbocycles. The second-order valence-electron chi connectivity index (χ2n) is 5.95. The van der Waals surface area contributed by atoms with Crippen molar-refractivity contribution < 1.29 is 29.0 Å². The van der Waals surface area contributed by atoms with Crippen LogP contribution >= 0.6 is 0 Å². The van der Waals surface area contributed by atoms with Crippen LogP contribution in [0.2, 0.25) is 0 Å². The number of urea groups is 1. The van der Waals surface area contributed by atoms with E-state index in [2.05, 4.69) is 5.32 Å². The van der Waals surface area contributed by atoms with E-state index in [1.807, 2.05) is 6.92 Å². The molecule has 1 aromatic carbocycles. The first-order chi connectivity index (χ1) is 12.5. The summed E-state index contributed by atoms with van der Waals surface area (Å²) < 4.78 is 10.4. The molecule has 1 heterocycles. The zero-order valence-electron chi connectivity index (χ0n) is 14.9. The van der Waals surface area contributed by atoms with E-state index in [-0.39, 0.29) is 25.7 Å². The Labute approximate surface area is 152 Å². The molecular formula is C18H24N2O6. The average molecular weight is 364 g/mol. The minimum Gasteiger partial charge on any atom is -0.491 e. The predicted molar refractivity (Wildman–Crippen MR) is 92.8 cm³/mol. The Bertz CT molecular complexity index is 663. The van der Waals surface area contributed by atoms with Gasteiger partial charge in [-0.15, -0.1) is 0 Å². The van der Waals surface area contributed by atoms with Gasteiger partial charge in [0, 0.05) is 0 Å². The van der Waals surface area contributed by atoms with E-state index in [1.54, 1.807) is 25.1 Å². The highest BCUT2D eigenvalue weighted by molar-refractivity contribution is 6.04. The van der Waals surface area contributed by atoms with E-state index in [0.29, 0.717) is 17.7 Å². The van der Waals surface area contributed by atoms with Crippen LogP contribution in [0.25, 0.3) is 0 Å². The highest BCUT2D eigenvalue weighted by Crippen LogP contribution is 2.16. The Morgan fingerprint density at radius 1 is 1.35 bits per heavy atom. The molecule has 0 aromatic heterocycles. The number of amides is 3. The van der Waals surface area contributed by atoms with Crippen LogP contribution in [0.4, 0.5) is 4.79 Å². The molecule has 0 bridgehead atoms. The quantitative estimate of drug-likeness (QED) is 0.506. The molecule has 1 aliphatic heterocycles. The summed E-state index contributed by atoms with van der Waals surface area (Å²) in [6.45, 7) is 3.64. The number of aliphatic hydroxyl groups is 1. The van der Waals surface area contributed by atoms with Crippen molar-refractivity contribution in [2.75, 3.05) is 19.8 Å². The van der Waals surface area contributed by atoms with Crippen molar-refractivity contribution in [2.45, 2.75) is 38.8 Å². The van der Waals surface area contributed by atoms with Crippen LogP contribution in [-0.2, 0) is 9.53 Å². The van der Waals surface area contributed by atoms with Crippen LogP contribution in [0.5, 0.6) is 5.75 Å². The van der Waals surface area contributed by atoms with Gasteiger partial charge in [-0.3, -0.25) is 9.69 Å². The van der Waals surface area contributed by atoms with Gasteiger partial charge in [0.2, 0.25) is 0 Å². The smallest absolute Gasteiger partial charge is 0.338 e. The van der Waals surface area contributed by atoms with Gasteiger partial charge in [0.15, 0.2) is 0 Å². The van der Waals surface area contributed by atoms with E-state index < -0.39 is 24.1 Å². The number of imide groups is 1.